The lowest BCUT2D eigenvalue weighted by Gasteiger charge is -2.45. The predicted octanol–water partition coefficient (Wildman–Crippen LogP) is 3.05. The summed E-state index contributed by atoms with van der Waals surface area (Å²) < 4.78 is 6.74. The normalized spacial score (nSPS) is 27.8. The van der Waals surface area contributed by atoms with Crippen LogP contribution in [0.25, 0.3) is 0 Å². The molecule has 1 spiro atoms. The largest absolute Gasteiger partial charge is 0.486 e. The van der Waals surface area contributed by atoms with Gasteiger partial charge in [-0.1, -0.05) is 18.2 Å². The van der Waals surface area contributed by atoms with Crippen molar-refractivity contribution in [1.29, 1.82) is 0 Å². The number of nitrogens with zero attached hydrogens (tertiary/aromatic N) is 3. The average molecular weight is 414 g/mol. The van der Waals surface area contributed by atoms with E-state index in [1.807, 2.05) is 16.8 Å². The minimum atomic E-state index is -0.196. The smallest absolute Gasteiger partial charge is 0.219 e. The second kappa shape index (κ2) is 8.58. The zero-order valence-electron chi connectivity index (χ0n) is 18.6. The standard InChI is InChI=1S/C24H35N3O3/c1-18(28)25(3)21-8-12-24(13-9-21)17-27(16-20-6-4-5-7-23(20)30-24)22-10-14-26(15-11-22)19(2)29/h4-7,21-22H,8-17H2,1-3H3. The fourth-order valence-electron chi connectivity index (χ4n) is 5.48. The van der Waals surface area contributed by atoms with Gasteiger partial charge in [-0.05, 0) is 44.6 Å². The summed E-state index contributed by atoms with van der Waals surface area (Å²) in [6.07, 6.45) is 5.93. The van der Waals surface area contributed by atoms with Gasteiger partial charge in [-0.15, -0.1) is 0 Å². The Morgan fingerprint density at radius 3 is 2.37 bits per heavy atom. The van der Waals surface area contributed by atoms with Crippen molar-refractivity contribution in [1.82, 2.24) is 14.7 Å². The Morgan fingerprint density at radius 1 is 1.07 bits per heavy atom. The van der Waals surface area contributed by atoms with Crippen LogP contribution in [0.2, 0.25) is 0 Å². The van der Waals surface area contributed by atoms with Crippen LogP contribution in [0.5, 0.6) is 5.75 Å². The maximum Gasteiger partial charge on any atom is 0.219 e. The highest BCUT2D eigenvalue weighted by Crippen LogP contribution is 2.40. The number of carbonyl (C=O) groups excluding carboxylic acids is 2. The van der Waals surface area contributed by atoms with Gasteiger partial charge in [0, 0.05) is 64.7 Å². The molecule has 0 N–H and O–H groups in total. The molecule has 2 amide bonds. The van der Waals surface area contributed by atoms with Crippen LogP contribution in [-0.2, 0) is 16.1 Å². The van der Waals surface area contributed by atoms with Crippen LogP contribution in [0.1, 0.15) is 57.9 Å². The number of piperidine rings is 1. The first-order valence-electron chi connectivity index (χ1n) is 11.4. The van der Waals surface area contributed by atoms with Crippen LogP contribution in [-0.4, -0.2) is 70.9 Å². The molecule has 6 nitrogen and oxygen atoms in total. The van der Waals surface area contributed by atoms with E-state index in [1.54, 1.807) is 13.8 Å². The number of hydrogen-bond donors (Lipinski definition) is 0. The highest BCUT2D eigenvalue weighted by atomic mass is 16.5. The third-order valence-electron chi connectivity index (χ3n) is 7.50. The molecule has 30 heavy (non-hydrogen) atoms. The third-order valence-corrected chi connectivity index (χ3v) is 7.50. The van der Waals surface area contributed by atoms with Crippen LogP contribution < -0.4 is 4.74 Å². The van der Waals surface area contributed by atoms with Gasteiger partial charge in [0.15, 0.2) is 0 Å². The van der Waals surface area contributed by atoms with E-state index >= 15 is 0 Å². The Kier molecular flexibility index (Phi) is 6.05. The van der Waals surface area contributed by atoms with E-state index in [4.69, 9.17) is 4.74 Å². The molecular weight excluding hydrogens is 378 g/mol. The zero-order valence-corrected chi connectivity index (χ0v) is 18.6. The highest BCUT2D eigenvalue weighted by molar-refractivity contribution is 5.73. The van der Waals surface area contributed by atoms with E-state index in [1.165, 1.54) is 5.56 Å². The van der Waals surface area contributed by atoms with Crippen molar-refractivity contribution in [2.75, 3.05) is 26.7 Å². The van der Waals surface area contributed by atoms with E-state index in [-0.39, 0.29) is 17.4 Å². The van der Waals surface area contributed by atoms with Crippen molar-refractivity contribution in [3.05, 3.63) is 29.8 Å². The lowest BCUT2D eigenvalue weighted by molar-refractivity contribution is -0.131. The Morgan fingerprint density at radius 2 is 1.73 bits per heavy atom. The molecule has 164 valence electrons. The van der Waals surface area contributed by atoms with E-state index in [0.29, 0.717) is 12.1 Å². The Bertz CT molecular complexity index is 780. The second-order valence-corrected chi connectivity index (χ2v) is 9.40. The summed E-state index contributed by atoms with van der Waals surface area (Å²) in [5.74, 6) is 1.34. The van der Waals surface area contributed by atoms with Gasteiger partial charge in [-0.2, -0.15) is 0 Å². The summed E-state index contributed by atoms with van der Waals surface area (Å²) in [6.45, 7) is 6.83. The van der Waals surface area contributed by atoms with Crippen LogP contribution in [0.4, 0.5) is 0 Å². The molecule has 0 aromatic heterocycles. The highest BCUT2D eigenvalue weighted by Gasteiger charge is 2.43. The van der Waals surface area contributed by atoms with Gasteiger partial charge in [0.2, 0.25) is 11.8 Å². The maximum atomic E-state index is 11.8. The van der Waals surface area contributed by atoms with Crippen molar-refractivity contribution in [2.45, 2.75) is 76.6 Å². The second-order valence-electron chi connectivity index (χ2n) is 9.40. The molecule has 2 aliphatic heterocycles. The molecule has 2 heterocycles. The number of amides is 2. The fourth-order valence-corrected chi connectivity index (χ4v) is 5.48. The first kappa shape index (κ1) is 21.2. The molecule has 0 unspecified atom stereocenters. The fraction of sp³-hybridized carbons (Fsp3) is 0.667. The maximum absolute atomic E-state index is 11.8. The number of ether oxygens (including phenoxy) is 1. The molecule has 4 rings (SSSR count). The van der Waals surface area contributed by atoms with E-state index in [0.717, 1.165) is 70.5 Å². The van der Waals surface area contributed by atoms with Gasteiger partial charge in [0.05, 0.1) is 0 Å². The summed E-state index contributed by atoms with van der Waals surface area (Å²) in [7, 11) is 1.92. The predicted molar refractivity (Wildman–Crippen MR) is 116 cm³/mol. The minimum Gasteiger partial charge on any atom is -0.486 e. The molecule has 1 aromatic carbocycles. The molecule has 2 fully saturated rings. The van der Waals surface area contributed by atoms with Crippen molar-refractivity contribution >= 4 is 11.8 Å². The quantitative estimate of drug-likeness (QED) is 0.748. The molecule has 1 aromatic rings. The Balaban J connectivity index is 1.52. The molecule has 6 heteroatoms. The van der Waals surface area contributed by atoms with Gasteiger partial charge in [0.25, 0.3) is 0 Å². The number of hydrogen-bond acceptors (Lipinski definition) is 4. The summed E-state index contributed by atoms with van der Waals surface area (Å²) in [5.41, 5.74) is 1.06. The monoisotopic (exact) mass is 413 g/mol. The molecule has 0 radical (unpaired) electrons. The number of carbonyl (C=O) groups is 2. The van der Waals surface area contributed by atoms with Crippen LogP contribution in [0.15, 0.2) is 24.3 Å². The molecule has 3 aliphatic rings. The van der Waals surface area contributed by atoms with Crippen molar-refractivity contribution in [2.24, 2.45) is 0 Å². The molecule has 1 saturated heterocycles. The Labute approximate surface area is 180 Å². The minimum absolute atomic E-state index is 0.141. The first-order valence-corrected chi connectivity index (χ1v) is 11.4. The van der Waals surface area contributed by atoms with Crippen molar-refractivity contribution in [3.63, 3.8) is 0 Å². The number of rotatable bonds is 2. The summed E-state index contributed by atoms with van der Waals surface area (Å²) in [5, 5.41) is 0. The zero-order chi connectivity index (χ0) is 21.3. The van der Waals surface area contributed by atoms with Gasteiger partial charge in [-0.3, -0.25) is 14.5 Å². The van der Waals surface area contributed by atoms with Crippen LogP contribution >= 0.6 is 0 Å². The lowest BCUT2D eigenvalue weighted by atomic mass is 9.80. The van der Waals surface area contributed by atoms with Gasteiger partial charge >= 0.3 is 0 Å². The SMILES string of the molecule is CC(=O)N1CCC(N2Cc3ccccc3OC3(CCC(N(C)C(C)=O)CC3)C2)CC1. The summed E-state index contributed by atoms with van der Waals surface area (Å²) in [4.78, 5) is 30.0. The van der Waals surface area contributed by atoms with Gasteiger partial charge < -0.3 is 14.5 Å². The topological polar surface area (TPSA) is 53.1 Å². The summed E-state index contributed by atoms with van der Waals surface area (Å²) >= 11 is 0. The van der Waals surface area contributed by atoms with E-state index in [2.05, 4.69) is 29.2 Å². The number of benzene rings is 1. The van der Waals surface area contributed by atoms with Gasteiger partial charge in [0.1, 0.15) is 11.4 Å². The van der Waals surface area contributed by atoms with E-state index in [9.17, 15) is 9.59 Å². The Hall–Kier alpha value is -2.08. The van der Waals surface area contributed by atoms with E-state index < -0.39 is 0 Å². The van der Waals surface area contributed by atoms with Crippen molar-refractivity contribution < 1.29 is 14.3 Å². The molecule has 0 bridgehead atoms. The number of para-hydroxylation sites is 1. The van der Waals surface area contributed by atoms with Gasteiger partial charge in [-0.25, -0.2) is 0 Å². The molecule has 1 aliphatic carbocycles. The molecule has 0 atom stereocenters. The summed E-state index contributed by atoms with van der Waals surface area (Å²) in [6, 6.07) is 9.22. The van der Waals surface area contributed by atoms with Crippen LogP contribution in [0.3, 0.4) is 0 Å². The number of likely N-dealkylation sites (tertiary alicyclic amines) is 1. The average Bonchev–Trinajstić information content (AvgIpc) is 2.90. The van der Waals surface area contributed by atoms with Crippen molar-refractivity contribution in [3.8, 4) is 5.75 Å². The third kappa shape index (κ3) is 4.34. The lowest BCUT2D eigenvalue weighted by Crippen LogP contribution is -2.54. The molecular formula is C24H35N3O3. The van der Waals surface area contributed by atoms with Crippen LogP contribution in [0, 0.1) is 0 Å². The number of fused-ring (bicyclic) bond motifs is 1. The molecule has 1 saturated carbocycles. The first-order chi connectivity index (χ1) is 14.4.